The third-order valence-corrected chi connectivity index (χ3v) is 4.60. The molecule has 0 aromatic carbocycles. The zero-order valence-electron chi connectivity index (χ0n) is 10.5. The molecule has 3 heterocycles. The molecule has 0 radical (unpaired) electrons. The van der Waals surface area contributed by atoms with E-state index in [1.807, 2.05) is 6.26 Å². The smallest absolute Gasteiger partial charge is 0.237 e. The van der Waals surface area contributed by atoms with Crippen LogP contribution in [0.25, 0.3) is 0 Å². The Bertz CT molecular complexity index is 266. The lowest BCUT2D eigenvalue weighted by molar-refractivity contribution is -0.124. The first-order valence-corrected chi connectivity index (χ1v) is 7.87. The lowest BCUT2D eigenvalue weighted by Gasteiger charge is -2.45. The highest BCUT2D eigenvalue weighted by atomic mass is 32.2. The predicted molar refractivity (Wildman–Crippen MR) is 72.1 cm³/mol. The van der Waals surface area contributed by atoms with E-state index in [2.05, 4.69) is 10.2 Å². The number of carbonyl (C=O) groups is 1. The first-order chi connectivity index (χ1) is 8.20. The van der Waals surface area contributed by atoms with E-state index in [9.17, 15) is 4.79 Å². The minimum atomic E-state index is -0.335. The van der Waals surface area contributed by atoms with Gasteiger partial charge in [-0.15, -0.1) is 0 Å². The normalized spacial score (nSPS) is 33.4. The Morgan fingerprint density at radius 2 is 2.24 bits per heavy atom. The van der Waals surface area contributed by atoms with Crippen molar-refractivity contribution in [2.24, 2.45) is 11.7 Å². The van der Waals surface area contributed by atoms with Gasteiger partial charge in [0.2, 0.25) is 5.91 Å². The van der Waals surface area contributed by atoms with E-state index in [0.717, 1.165) is 18.7 Å². The van der Waals surface area contributed by atoms with Crippen LogP contribution in [0.3, 0.4) is 0 Å². The van der Waals surface area contributed by atoms with E-state index < -0.39 is 0 Å². The maximum atomic E-state index is 11.9. The summed E-state index contributed by atoms with van der Waals surface area (Å²) < 4.78 is 0. The molecular formula is C12H23N3OS. The van der Waals surface area contributed by atoms with Gasteiger partial charge in [-0.05, 0) is 50.3 Å². The summed E-state index contributed by atoms with van der Waals surface area (Å²) in [7, 11) is 0. The number of nitrogens with two attached hydrogens (primary N) is 1. The summed E-state index contributed by atoms with van der Waals surface area (Å²) in [5.74, 6) is 1.67. The fourth-order valence-corrected chi connectivity index (χ4v) is 3.28. The molecule has 5 heteroatoms. The predicted octanol–water partition coefficient (Wildman–Crippen LogP) is 0.277. The quantitative estimate of drug-likeness (QED) is 0.743. The number of rotatable bonds is 5. The molecule has 0 saturated carbocycles. The van der Waals surface area contributed by atoms with Gasteiger partial charge in [0.05, 0.1) is 6.04 Å². The number of carbonyl (C=O) groups excluding carboxylic acids is 1. The summed E-state index contributed by atoms with van der Waals surface area (Å²) in [5.41, 5.74) is 5.88. The summed E-state index contributed by atoms with van der Waals surface area (Å²) in [5, 5.41) is 3.14. The average Bonchev–Trinajstić information content (AvgIpc) is 2.37. The van der Waals surface area contributed by atoms with Crippen molar-refractivity contribution in [1.82, 2.24) is 10.2 Å². The molecule has 3 aliphatic heterocycles. The van der Waals surface area contributed by atoms with Crippen molar-refractivity contribution in [2.45, 2.75) is 31.3 Å². The third-order valence-electron chi connectivity index (χ3n) is 3.95. The maximum Gasteiger partial charge on any atom is 0.237 e. The second-order valence-electron chi connectivity index (χ2n) is 5.14. The van der Waals surface area contributed by atoms with Crippen LogP contribution in [0.5, 0.6) is 0 Å². The molecule has 4 nitrogen and oxygen atoms in total. The van der Waals surface area contributed by atoms with Crippen LogP contribution >= 0.6 is 11.8 Å². The SMILES string of the molecule is CSCC[C@@H](N)C(=O)NC1CN2CCC1CC2. The molecule has 3 N–H and O–H groups in total. The fraction of sp³-hybridized carbons (Fsp3) is 0.917. The first-order valence-electron chi connectivity index (χ1n) is 6.48. The Hall–Kier alpha value is -0.260. The van der Waals surface area contributed by atoms with Crippen molar-refractivity contribution in [3.63, 3.8) is 0 Å². The maximum absolute atomic E-state index is 11.9. The molecule has 0 aliphatic carbocycles. The summed E-state index contributed by atoms with van der Waals surface area (Å²) in [6.45, 7) is 3.43. The van der Waals surface area contributed by atoms with E-state index in [1.165, 1.54) is 25.9 Å². The van der Waals surface area contributed by atoms with Gasteiger partial charge >= 0.3 is 0 Å². The summed E-state index contributed by atoms with van der Waals surface area (Å²) in [4.78, 5) is 14.4. The van der Waals surface area contributed by atoms with Crippen LogP contribution in [0.4, 0.5) is 0 Å². The standard InChI is InChI=1S/C12H23N3OS/c1-17-7-4-10(13)12(16)14-11-8-15-5-2-9(11)3-6-15/h9-11H,2-8,13H2,1H3,(H,14,16)/t10-,11?/m1/s1. The van der Waals surface area contributed by atoms with Crippen molar-refractivity contribution < 1.29 is 4.79 Å². The van der Waals surface area contributed by atoms with E-state index in [-0.39, 0.29) is 11.9 Å². The van der Waals surface area contributed by atoms with Crippen LogP contribution in [-0.4, -0.2) is 54.5 Å². The van der Waals surface area contributed by atoms with Crippen LogP contribution in [0, 0.1) is 5.92 Å². The number of amides is 1. The minimum Gasteiger partial charge on any atom is -0.350 e. The zero-order chi connectivity index (χ0) is 12.3. The Labute approximate surface area is 108 Å². The first kappa shape index (κ1) is 13.2. The Balaban J connectivity index is 1.78. The van der Waals surface area contributed by atoms with E-state index in [4.69, 9.17) is 5.73 Å². The molecule has 0 aromatic heterocycles. The molecule has 3 rings (SSSR count). The largest absolute Gasteiger partial charge is 0.350 e. The number of hydrogen-bond donors (Lipinski definition) is 2. The average molecular weight is 257 g/mol. The number of fused-ring (bicyclic) bond motifs is 3. The molecule has 2 atom stereocenters. The van der Waals surface area contributed by atoms with Crippen LogP contribution < -0.4 is 11.1 Å². The van der Waals surface area contributed by atoms with Gasteiger partial charge in [-0.2, -0.15) is 11.8 Å². The molecule has 98 valence electrons. The van der Waals surface area contributed by atoms with Gasteiger partial charge in [-0.1, -0.05) is 0 Å². The van der Waals surface area contributed by atoms with Crippen molar-refractivity contribution in [1.29, 1.82) is 0 Å². The fourth-order valence-electron chi connectivity index (χ4n) is 2.79. The molecule has 1 amide bonds. The number of thioether (sulfide) groups is 1. The van der Waals surface area contributed by atoms with Crippen molar-refractivity contribution in [3.05, 3.63) is 0 Å². The second kappa shape index (κ2) is 6.07. The van der Waals surface area contributed by atoms with E-state index in [0.29, 0.717) is 12.0 Å². The molecule has 2 bridgehead atoms. The van der Waals surface area contributed by atoms with Gasteiger partial charge in [0.1, 0.15) is 0 Å². The topological polar surface area (TPSA) is 58.4 Å². The molecule has 17 heavy (non-hydrogen) atoms. The number of nitrogens with one attached hydrogen (secondary N) is 1. The Morgan fingerprint density at radius 1 is 1.53 bits per heavy atom. The van der Waals surface area contributed by atoms with Gasteiger partial charge in [0.25, 0.3) is 0 Å². The molecule has 3 fully saturated rings. The molecule has 3 saturated heterocycles. The van der Waals surface area contributed by atoms with Gasteiger partial charge in [-0.25, -0.2) is 0 Å². The van der Waals surface area contributed by atoms with Gasteiger partial charge in [0, 0.05) is 12.6 Å². The van der Waals surface area contributed by atoms with E-state index >= 15 is 0 Å². The van der Waals surface area contributed by atoms with Crippen LogP contribution in [-0.2, 0) is 4.79 Å². The molecule has 1 unspecified atom stereocenters. The van der Waals surface area contributed by atoms with Crippen molar-refractivity contribution in [3.8, 4) is 0 Å². The highest BCUT2D eigenvalue weighted by Gasteiger charge is 2.35. The highest BCUT2D eigenvalue weighted by molar-refractivity contribution is 7.98. The summed E-state index contributed by atoms with van der Waals surface area (Å²) in [6, 6.07) is 0.00299. The van der Waals surface area contributed by atoms with Gasteiger partial charge in [0.15, 0.2) is 0 Å². The van der Waals surface area contributed by atoms with Crippen LogP contribution in [0.1, 0.15) is 19.3 Å². The number of hydrogen-bond acceptors (Lipinski definition) is 4. The molecule has 3 aliphatic rings. The summed E-state index contributed by atoms with van der Waals surface area (Å²) in [6.07, 6.45) is 5.27. The second-order valence-corrected chi connectivity index (χ2v) is 6.13. The van der Waals surface area contributed by atoms with Gasteiger partial charge in [-0.3, -0.25) is 4.79 Å². The van der Waals surface area contributed by atoms with Crippen molar-refractivity contribution in [2.75, 3.05) is 31.6 Å². The van der Waals surface area contributed by atoms with Crippen molar-refractivity contribution >= 4 is 17.7 Å². The summed E-state index contributed by atoms with van der Waals surface area (Å²) >= 11 is 1.74. The van der Waals surface area contributed by atoms with Gasteiger partial charge < -0.3 is 16.0 Å². The molecule has 0 aromatic rings. The lowest BCUT2D eigenvalue weighted by Crippen LogP contribution is -2.59. The lowest BCUT2D eigenvalue weighted by atomic mass is 9.84. The van der Waals surface area contributed by atoms with Crippen LogP contribution in [0.2, 0.25) is 0 Å². The number of piperidine rings is 3. The van der Waals surface area contributed by atoms with E-state index in [1.54, 1.807) is 11.8 Å². The molecular weight excluding hydrogens is 234 g/mol. The Kier molecular flexibility index (Phi) is 4.70. The Morgan fingerprint density at radius 3 is 2.76 bits per heavy atom. The number of nitrogens with zero attached hydrogens (tertiary/aromatic N) is 1. The minimum absolute atomic E-state index is 0.0396. The highest BCUT2D eigenvalue weighted by Crippen LogP contribution is 2.27. The monoisotopic (exact) mass is 257 g/mol. The van der Waals surface area contributed by atoms with Crippen LogP contribution in [0.15, 0.2) is 0 Å². The zero-order valence-corrected chi connectivity index (χ0v) is 11.3. The molecule has 0 spiro atoms. The third kappa shape index (κ3) is 3.36.